The smallest absolute Gasteiger partial charge is 0.253 e. The molecule has 1 aromatic heterocycles. The van der Waals surface area contributed by atoms with Crippen molar-refractivity contribution in [3.63, 3.8) is 0 Å². The SMILES string of the molecule is C[C@@H](C[C@H](NC(=O)c1ccc(-c2ccccc2Cl)nc1)C(=O)NC1(C#N)CCS(=O)(=O)CC1)c1ccccc1. The molecular weight excluding hydrogens is 536 g/mol. The Morgan fingerprint density at radius 2 is 1.72 bits per heavy atom. The number of nitrogens with one attached hydrogen (secondary N) is 2. The number of nitriles is 1. The second kappa shape index (κ2) is 12.0. The summed E-state index contributed by atoms with van der Waals surface area (Å²) in [5.41, 5.74) is 1.28. The molecule has 4 rings (SSSR count). The van der Waals surface area contributed by atoms with E-state index in [9.17, 15) is 23.3 Å². The zero-order valence-electron chi connectivity index (χ0n) is 21.4. The lowest BCUT2D eigenvalue weighted by Gasteiger charge is -2.33. The summed E-state index contributed by atoms with van der Waals surface area (Å²) in [6, 6.07) is 21.3. The highest BCUT2D eigenvalue weighted by molar-refractivity contribution is 7.91. The van der Waals surface area contributed by atoms with Crippen LogP contribution < -0.4 is 10.6 Å². The third-order valence-corrected chi connectivity index (χ3v) is 8.99. The monoisotopic (exact) mass is 564 g/mol. The predicted molar refractivity (Wildman–Crippen MR) is 150 cm³/mol. The van der Waals surface area contributed by atoms with E-state index in [1.54, 1.807) is 18.2 Å². The van der Waals surface area contributed by atoms with E-state index < -0.39 is 33.2 Å². The molecule has 8 nitrogen and oxygen atoms in total. The number of aromatic nitrogens is 1. The van der Waals surface area contributed by atoms with Crippen molar-refractivity contribution in [1.29, 1.82) is 5.26 Å². The van der Waals surface area contributed by atoms with Gasteiger partial charge in [-0.1, -0.05) is 67.1 Å². The Labute approximate surface area is 233 Å². The second-order valence-electron chi connectivity index (χ2n) is 9.82. The van der Waals surface area contributed by atoms with Crippen molar-refractivity contribution in [3.05, 3.63) is 89.1 Å². The lowest BCUT2D eigenvalue weighted by Crippen LogP contribution is -2.57. The third kappa shape index (κ3) is 7.02. The normalized spacial score (nSPS) is 17.3. The van der Waals surface area contributed by atoms with Crippen LogP contribution in [0.1, 0.15) is 48.0 Å². The lowest BCUT2D eigenvalue weighted by atomic mass is 9.90. The van der Waals surface area contributed by atoms with Gasteiger partial charge in [-0.3, -0.25) is 14.6 Å². The minimum absolute atomic E-state index is 0.0000930. The highest BCUT2D eigenvalue weighted by Gasteiger charge is 2.40. The molecule has 0 unspecified atom stereocenters. The summed E-state index contributed by atoms with van der Waals surface area (Å²) in [5, 5.41) is 15.9. The van der Waals surface area contributed by atoms with E-state index in [1.807, 2.05) is 55.5 Å². The molecule has 3 aromatic rings. The molecule has 0 saturated carbocycles. The molecule has 1 saturated heterocycles. The van der Waals surface area contributed by atoms with Crippen LogP contribution in [-0.2, 0) is 14.6 Å². The maximum absolute atomic E-state index is 13.5. The van der Waals surface area contributed by atoms with Gasteiger partial charge in [-0.2, -0.15) is 5.26 Å². The first-order chi connectivity index (χ1) is 18.6. The molecule has 1 aliphatic rings. The van der Waals surface area contributed by atoms with Crippen LogP contribution in [0.25, 0.3) is 11.3 Å². The van der Waals surface area contributed by atoms with Crippen LogP contribution in [-0.4, -0.2) is 48.3 Å². The van der Waals surface area contributed by atoms with Gasteiger partial charge in [0.25, 0.3) is 5.91 Å². The van der Waals surface area contributed by atoms with Gasteiger partial charge in [-0.15, -0.1) is 0 Å². The summed E-state index contributed by atoms with van der Waals surface area (Å²) < 4.78 is 23.8. The van der Waals surface area contributed by atoms with Gasteiger partial charge in [0.05, 0.1) is 28.8 Å². The molecule has 2 aromatic carbocycles. The molecule has 1 aliphatic heterocycles. The Morgan fingerprint density at radius 3 is 2.33 bits per heavy atom. The summed E-state index contributed by atoms with van der Waals surface area (Å²) in [7, 11) is -3.24. The molecule has 0 spiro atoms. The van der Waals surface area contributed by atoms with Crippen LogP contribution in [0, 0.1) is 11.3 Å². The number of hydrogen-bond acceptors (Lipinski definition) is 6. The molecule has 2 amide bonds. The maximum Gasteiger partial charge on any atom is 0.253 e. The van der Waals surface area contributed by atoms with Gasteiger partial charge in [-0.25, -0.2) is 8.42 Å². The van der Waals surface area contributed by atoms with Gasteiger partial charge in [0, 0.05) is 16.8 Å². The van der Waals surface area contributed by atoms with Gasteiger partial charge in [0.2, 0.25) is 5.91 Å². The number of pyridine rings is 1. The molecule has 0 bridgehead atoms. The van der Waals surface area contributed by atoms with Gasteiger partial charge in [0.1, 0.15) is 11.6 Å². The Hall–Kier alpha value is -3.74. The quantitative estimate of drug-likeness (QED) is 0.420. The largest absolute Gasteiger partial charge is 0.340 e. The zero-order chi connectivity index (χ0) is 28.0. The number of sulfone groups is 1. The van der Waals surface area contributed by atoms with Crippen molar-refractivity contribution in [1.82, 2.24) is 15.6 Å². The first-order valence-corrected chi connectivity index (χ1v) is 14.8. The van der Waals surface area contributed by atoms with E-state index in [4.69, 9.17) is 11.6 Å². The average Bonchev–Trinajstić information content (AvgIpc) is 2.94. The fraction of sp³-hybridized carbons (Fsp3) is 0.310. The number of halogens is 1. The van der Waals surface area contributed by atoms with Crippen LogP contribution in [0.2, 0.25) is 5.02 Å². The van der Waals surface area contributed by atoms with Crippen molar-refractivity contribution >= 4 is 33.3 Å². The van der Waals surface area contributed by atoms with E-state index in [0.717, 1.165) is 11.1 Å². The van der Waals surface area contributed by atoms with Crippen molar-refractivity contribution in [2.24, 2.45) is 0 Å². The number of carbonyl (C=O) groups is 2. The number of hydrogen-bond donors (Lipinski definition) is 2. The first-order valence-electron chi connectivity index (χ1n) is 12.6. The Balaban J connectivity index is 1.54. The Bertz CT molecular complexity index is 1470. The van der Waals surface area contributed by atoms with Crippen LogP contribution in [0.3, 0.4) is 0 Å². The van der Waals surface area contributed by atoms with Crippen molar-refractivity contribution in [3.8, 4) is 17.3 Å². The summed E-state index contributed by atoms with van der Waals surface area (Å²) in [5.74, 6) is -1.48. The predicted octanol–water partition coefficient (Wildman–Crippen LogP) is 4.28. The summed E-state index contributed by atoms with van der Waals surface area (Å²) in [6.07, 6.45) is 1.69. The summed E-state index contributed by atoms with van der Waals surface area (Å²) >= 11 is 6.26. The number of benzene rings is 2. The molecular formula is C29H29ClN4O4S. The van der Waals surface area contributed by atoms with E-state index in [0.29, 0.717) is 10.7 Å². The number of rotatable bonds is 8. The number of amides is 2. The van der Waals surface area contributed by atoms with Gasteiger partial charge >= 0.3 is 0 Å². The summed E-state index contributed by atoms with van der Waals surface area (Å²) in [4.78, 5) is 31.1. The van der Waals surface area contributed by atoms with E-state index in [-0.39, 0.29) is 42.2 Å². The standard InChI is InChI=1S/C29H29ClN4O4S/c1-20(21-7-3-2-4-8-21)17-26(28(36)34-29(19-31)13-15-39(37,38)16-14-29)33-27(35)22-11-12-25(32-18-22)23-9-5-6-10-24(23)30/h2-12,18,20,26H,13-17H2,1H3,(H,33,35)(H,34,36)/t20-,26-/m0/s1. The van der Waals surface area contributed by atoms with Gasteiger partial charge in [-0.05, 0) is 48.9 Å². The van der Waals surface area contributed by atoms with Crippen LogP contribution >= 0.6 is 11.6 Å². The highest BCUT2D eigenvalue weighted by Crippen LogP contribution is 2.27. The third-order valence-electron chi connectivity index (χ3n) is 7.01. The van der Waals surface area contributed by atoms with Crippen LogP contribution in [0.5, 0.6) is 0 Å². The van der Waals surface area contributed by atoms with Crippen molar-refractivity contribution < 1.29 is 18.0 Å². The van der Waals surface area contributed by atoms with Crippen molar-refractivity contribution in [2.45, 2.75) is 43.7 Å². The van der Waals surface area contributed by atoms with E-state index in [1.165, 1.54) is 6.20 Å². The minimum Gasteiger partial charge on any atom is -0.340 e. The highest BCUT2D eigenvalue weighted by atomic mass is 35.5. The second-order valence-corrected chi connectivity index (χ2v) is 12.5. The lowest BCUT2D eigenvalue weighted by molar-refractivity contribution is -0.124. The Morgan fingerprint density at radius 1 is 1.05 bits per heavy atom. The van der Waals surface area contributed by atoms with Crippen LogP contribution in [0.4, 0.5) is 0 Å². The maximum atomic E-state index is 13.5. The molecule has 39 heavy (non-hydrogen) atoms. The molecule has 2 heterocycles. The van der Waals surface area contributed by atoms with Gasteiger partial charge < -0.3 is 10.6 Å². The topological polar surface area (TPSA) is 129 Å². The van der Waals surface area contributed by atoms with Crippen molar-refractivity contribution in [2.75, 3.05) is 11.5 Å². The molecule has 202 valence electrons. The number of nitrogens with zero attached hydrogens (tertiary/aromatic N) is 2. The first kappa shape index (κ1) is 28.3. The minimum atomic E-state index is -3.24. The molecule has 0 radical (unpaired) electrons. The Kier molecular flexibility index (Phi) is 8.68. The fourth-order valence-electron chi connectivity index (χ4n) is 4.57. The molecule has 0 aliphatic carbocycles. The zero-order valence-corrected chi connectivity index (χ0v) is 23.0. The fourth-order valence-corrected chi connectivity index (χ4v) is 6.33. The molecule has 10 heteroatoms. The van der Waals surface area contributed by atoms with E-state index >= 15 is 0 Å². The molecule has 2 N–H and O–H groups in total. The number of carbonyl (C=O) groups excluding carboxylic acids is 2. The van der Waals surface area contributed by atoms with Crippen LogP contribution in [0.15, 0.2) is 72.9 Å². The average molecular weight is 565 g/mol. The molecule has 1 fully saturated rings. The van der Waals surface area contributed by atoms with Gasteiger partial charge in [0.15, 0.2) is 9.84 Å². The van der Waals surface area contributed by atoms with E-state index in [2.05, 4.69) is 21.7 Å². The summed E-state index contributed by atoms with van der Waals surface area (Å²) in [6.45, 7) is 1.95. The molecule has 2 atom stereocenters.